The Balaban J connectivity index is 1.66. The molecule has 4 rings (SSSR count). The van der Waals surface area contributed by atoms with Crippen LogP contribution in [0.3, 0.4) is 0 Å². The van der Waals surface area contributed by atoms with Crippen molar-refractivity contribution in [2.24, 2.45) is 9.98 Å². The average molecular weight is 313 g/mol. The van der Waals surface area contributed by atoms with E-state index >= 15 is 0 Å². The standard InChI is InChI=1S/C15H11N3OS2/c19-13(17-15-18-8-7-16-14(18)20-21-15)12-6-5-10-3-1-2-4-11(10)9-12/h1-6,9H,7-8H2. The van der Waals surface area contributed by atoms with Crippen LogP contribution in [0.25, 0.3) is 10.8 Å². The number of benzene rings is 2. The van der Waals surface area contributed by atoms with E-state index in [1.165, 1.54) is 10.8 Å². The average Bonchev–Trinajstić information content (AvgIpc) is 3.12. The molecule has 0 unspecified atom stereocenters. The van der Waals surface area contributed by atoms with E-state index in [4.69, 9.17) is 0 Å². The number of nitrogens with zero attached hydrogens (tertiary/aromatic N) is 3. The molecule has 1 fully saturated rings. The Morgan fingerprint density at radius 1 is 1.14 bits per heavy atom. The number of amides is 1. The number of hydrogen-bond acceptors (Lipinski definition) is 4. The Labute approximate surface area is 129 Å². The third-order valence-corrected chi connectivity index (χ3v) is 5.60. The maximum atomic E-state index is 12.4. The van der Waals surface area contributed by atoms with E-state index in [1.54, 1.807) is 10.8 Å². The maximum absolute atomic E-state index is 12.4. The Kier molecular flexibility index (Phi) is 3.20. The molecule has 0 bridgehead atoms. The van der Waals surface area contributed by atoms with Crippen molar-refractivity contribution in [1.29, 1.82) is 0 Å². The summed E-state index contributed by atoms with van der Waals surface area (Å²) >= 11 is 0. The zero-order valence-electron chi connectivity index (χ0n) is 11.0. The summed E-state index contributed by atoms with van der Waals surface area (Å²) in [6.07, 6.45) is 0. The first-order chi connectivity index (χ1) is 10.3. The molecule has 1 saturated heterocycles. The van der Waals surface area contributed by atoms with Crippen LogP contribution in [-0.4, -0.2) is 34.2 Å². The normalized spacial score (nSPS) is 19.1. The van der Waals surface area contributed by atoms with Crippen LogP contribution in [0, 0.1) is 0 Å². The maximum Gasteiger partial charge on any atom is 0.279 e. The predicted molar refractivity (Wildman–Crippen MR) is 89.9 cm³/mol. The second-order valence-corrected chi connectivity index (χ2v) is 6.81. The van der Waals surface area contributed by atoms with E-state index in [-0.39, 0.29) is 5.91 Å². The number of carbonyl (C=O) groups excluding carboxylic acids is 1. The summed E-state index contributed by atoms with van der Waals surface area (Å²) in [6, 6.07) is 13.7. The highest BCUT2D eigenvalue weighted by Crippen LogP contribution is 2.38. The van der Waals surface area contributed by atoms with Gasteiger partial charge in [0.2, 0.25) is 0 Å². The number of hydrogen-bond donors (Lipinski definition) is 0. The first kappa shape index (κ1) is 12.9. The van der Waals surface area contributed by atoms with Gasteiger partial charge >= 0.3 is 0 Å². The molecule has 0 saturated carbocycles. The van der Waals surface area contributed by atoms with Gasteiger partial charge in [-0.3, -0.25) is 14.7 Å². The van der Waals surface area contributed by atoms with Crippen LogP contribution in [0.15, 0.2) is 52.4 Å². The molecule has 104 valence electrons. The second kappa shape index (κ2) is 5.20. The van der Waals surface area contributed by atoms with E-state index in [0.29, 0.717) is 5.56 Å². The van der Waals surface area contributed by atoms with Crippen molar-refractivity contribution in [2.75, 3.05) is 13.1 Å². The molecule has 0 aromatic heterocycles. The summed E-state index contributed by atoms with van der Waals surface area (Å²) in [5, 5.41) is 3.89. The molecular formula is C15H11N3OS2. The summed E-state index contributed by atoms with van der Waals surface area (Å²) in [5.74, 6) is -0.197. The minimum Gasteiger partial charge on any atom is -0.297 e. The summed E-state index contributed by atoms with van der Waals surface area (Å²) in [6.45, 7) is 1.60. The first-order valence-electron chi connectivity index (χ1n) is 6.59. The molecule has 6 heteroatoms. The summed E-state index contributed by atoms with van der Waals surface area (Å²) < 4.78 is 0. The SMILES string of the molecule is O=C(N=C1SSC2=NCCN21)c1ccc2ccccc2c1. The molecule has 0 radical (unpaired) electrons. The zero-order valence-corrected chi connectivity index (χ0v) is 12.7. The van der Waals surface area contributed by atoms with Gasteiger partial charge in [-0.25, -0.2) is 0 Å². The van der Waals surface area contributed by atoms with Gasteiger partial charge < -0.3 is 0 Å². The summed E-state index contributed by atoms with van der Waals surface area (Å²) in [5.41, 5.74) is 0.622. The molecule has 1 amide bonds. The fourth-order valence-corrected chi connectivity index (χ4v) is 4.61. The molecule has 4 nitrogen and oxygen atoms in total. The van der Waals surface area contributed by atoms with Gasteiger partial charge in [-0.1, -0.05) is 30.3 Å². The third-order valence-electron chi connectivity index (χ3n) is 3.42. The van der Waals surface area contributed by atoms with Crippen LogP contribution in [0.4, 0.5) is 0 Å². The van der Waals surface area contributed by atoms with Gasteiger partial charge in [-0.05, 0) is 44.5 Å². The Morgan fingerprint density at radius 3 is 2.90 bits per heavy atom. The zero-order chi connectivity index (χ0) is 14.2. The van der Waals surface area contributed by atoms with Crippen LogP contribution in [-0.2, 0) is 0 Å². The molecule has 2 aromatic rings. The largest absolute Gasteiger partial charge is 0.297 e. The molecular weight excluding hydrogens is 302 g/mol. The van der Waals surface area contributed by atoms with Crippen molar-refractivity contribution >= 4 is 48.6 Å². The molecule has 0 atom stereocenters. The van der Waals surface area contributed by atoms with E-state index in [0.717, 1.165) is 34.2 Å². The fraction of sp³-hybridized carbons (Fsp3) is 0.133. The lowest BCUT2D eigenvalue weighted by Gasteiger charge is -2.09. The summed E-state index contributed by atoms with van der Waals surface area (Å²) in [7, 11) is 3.07. The first-order valence-corrected chi connectivity index (χ1v) is 8.74. The summed E-state index contributed by atoms with van der Waals surface area (Å²) in [4.78, 5) is 23.0. The lowest BCUT2D eigenvalue weighted by atomic mass is 10.1. The van der Waals surface area contributed by atoms with Gasteiger partial charge in [0.25, 0.3) is 5.91 Å². The fourth-order valence-electron chi connectivity index (χ4n) is 2.35. The number of aliphatic imine (C=N–C) groups is 2. The molecule has 21 heavy (non-hydrogen) atoms. The second-order valence-electron chi connectivity index (χ2n) is 4.74. The number of carbonyl (C=O) groups is 1. The molecule has 0 aliphatic carbocycles. The van der Waals surface area contributed by atoms with Gasteiger partial charge in [0.05, 0.1) is 6.54 Å². The minimum atomic E-state index is -0.197. The van der Waals surface area contributed by atoms with Gasteiger partial charge in [0.1, 0.15) is 0 Å². The Hall–Kier alpha value is -1.79. The monoisotopic (exact) mass is 313 g/mol. The number of fused-ring (bicyclic) bond motifs is 2. The van der Waals surface area contributed by atoms with E-state index in [1.807, 2.05) is 47.4 Å². The molecule has 2 aliphatic heterocycles. The highest BCUT2D eigenvalue weighted by Gasteiger charge is 2.31. The lowest BCUT2D eigenvalue weighted by Crippen LogP contribution is -2.26. The van der Waals surface area contributed by atoms with Gasteiger partial charge in [-0.2, -0.15) is 4.99 Å². The van der Waals surface area contributed by atoms with Crippen LogP contribution in [0.1, 0.15) is 10.4 Å². The molecule has 2 aromatic carbocycles. The number of amidine groups is 2. The van der Waals surface area contributed by atoms with E-state index < -0.39 is 0 Å². The van der Waals surface area contributed by atoms with Crippen molar-refractivity contribution < 1.29 is 4.79 Å². The highest BCUT2D eigenvalue weighted by molar-refractivity contribution is 8.88. The molecule has 2 aliphatic rings. The van der Waals surface area contributed by atoms with Crippen LogP contribution >= 0.6 is 21.6 Å². The number of rotatable bonds is 1. The van der Waals surface area contributed by atoms with Crippen molar-refractivity contribution in [3.8, 4) is 0 Å². The molecule has 2 heterocycles. The Morgan fingerprint density at radius 2 is 2.00 bits per heavy atom. The molecule has 0 N–H and O–H groups in total. The van der Waals surface area contributed by atoms with Gasteiger partial charge in [-0.15, -0.1) is 0 Å². The highest BCUT2D eigenvalue weighted by atomic mass is 33.1. The van der Waals surface area contributed by atoms with Crippen LogP contribution in [0.5, 0.6) is 0 Å². The smallest absolute Gasteiger partial charge is 0.279 e. The lowest BCUT2D eigenvalue weighted by molar-refractivity contribution is 0.100. The van der Waals surface area contributed by atoms with Crippen molar-refractivity contribution in [3.05, 3.63) is 48.0 Å². The topological polar surface area (TPSA) is 45.0 Å². The van der Waals surface area contributed by atoms with Crippen molar-refractivity contribution in [3.63, 3.8) is 0 Å². The van der Waals surface area contributed by atoms with E-state index in [9.17, 15) is 4.79 Å². The quantitative estimate of drug-likeness (QED) is 0.757. The van der Waals surface area contributed by atoms with Crippen LogP contribution < -0.4 is 0 Å². The molecule has 0 spiro atoms. The minimum absolute atomic E-state index is 0.197. The van der Waals surface area contributed by atoms with E-state index in [2.05, 4.69) is 9.98 Å². The van der Waals surface area contributed by atoms with Crippen molar-refractivity contribution in [2.45, 2.75) is 0 Å². The van der Waals surface area contributed by atoms with Gasteiger partial charge in [0.15, 0.2) is 10.3 Å². The van der Waals surface area contributed by atoms with Crippen molar-refractivity contribution in [1.82, 2.24) is 4.90 Å². The predicted octanol–water partition coefficient (Wildman–Crippen LogP) is 3.40. The van der Waals surface area contributed by atoms with Crippen LogP contribution in [0.2, 0.25) is 0 Å². The van der Waals surface area contributed by atoms with Gasteiger partial charge in [0, 0.05) is 12.1 Å². The third kappa shape index (κ3) is 2.34. The Bertz CT molecular complexity index is 800.